The molecule has 1 aromatic rings. The van der Waals surface area contributed by atoms with Crippen molar-refractivity contribution < 1.29 is 24.2 Å². The zero-order valence-corrected chi connectivity index (χ0v) is 14.4. The highest BCUT2D eigenvalue weighted by molar-refractivity contribution is 6.32. The zero-order chi connectivity index (χ0) is 17.6. The van der Waals surface area contributed by atoms with E-state index in [9.17, 15) is 14.7 Å². The predicted molar refractivity (Wildman–Crippen MR) is 90.6 cm³/mol. The Kier molecular flexibility index (Phi) is 6.45. The molecule has 0 spiro atoms. The van der Waals surface area contributed by atoms with Crippen LogP contribution < -0.4 is 10.1 Å². The third-order valence-corrected chi connectivity index (χ3v) is 4.59. The molecule has 0 saturated heterocycles. The van der Waals surface area contributed by atoms with Crippen LogP contribution in [0.5, 0.6) is 5.75 Å². The number of anilines is 1. The average Bonchev–Trinajstić information content (AvgIpc) is 3.00. The number of benzene rings is 1. The van der Waals surface area contributed by atoms with E-state index in [1.165, 1.54) is 0 Å². The van der Waals surface area contributed by atoms with Gasteiger partial charge in [0.15, 0.2) is 5.75 Å². The lowest BCUT2D eigenvalue weighted by atomic mass is 9.82. The van der Waals surface area contributed by atoms with E-state index in [4.69, 9.17) is 21.1 Å². The second-order valence-electron chi connectivity index (χ2n) is 5.98. The average molecular weight is 356 g/mol. The Morgan fingerprint density at radius 1 is 1.29 bits per heavy atom. The Morgan fingerprint density at radius 2 is 2.00 bits per heavy atom. The van der Waals surface area contributed by atoms with Gasteiger partial charge in [-0.1, -0.05) is 30.5 Å². The summed E-state index contributed by atoms with van der Waals surface area (Å²) >= 11 is 6.13. The molecule has 1 aromatic carbocycles. The van der Waals surface area contributed by atoms with E-state index in [0.717, 1.165) is 12.8 Å². The van der Waals surface area contributed by atoms with E-state index in [1.54, 1.807) is 25.3 Å². The van der Waals surface area contributed by atoms with E-state index >= 15 is 0 Å². The fraction of sp³-hybridized carbons (Fsp3) is 0.529. The van der Waals surface area contributed by atoms with Crippen LogP contribution in [-0.2, 0) is 14.3 Å². The van der Waals surface area contributed by atoms with Gasteiger partial charge in [-0.25, -0.2) is 0 Å². The number of carbonyl (C=O) groups is 2. The van der Waals surface area contributed by atoms with Crippen molar-refractivity contribution in [3.8, 4) is 5.75 Å². The van der Waals surface area contributed by atoms with Gasteiger partial charge < -0.3 is 19.9 Å². The molecule has 0 bridgehead atoms. The lowest BCUT2D eigenvalue weighted by molar-refractivity contribution is -0.150. The van der Waals surface area contributed by atoms with Gasteiger partial charge in [0.25, 0.3) is 0 Å². The molecule has 7 heteroatoms. The molecule has 1 saturated carbocycles. The molecule has 0 unspecified atom stereocenters. The maximum Gasteiger partial charge on any atom is 0.310 e. The van der Waals surface area contributed by atoms with Crippen molar-refractivity contribution in [3.05, 3.63) is 23.2 Å². The Hall–Kier alpha value is -1.79. The van der Waals surface area contributed by atoms with E-state index in [-0.39, 0.29) is 12.3 Å². The monoisotopic (exact) mass is 355 g/mol. The molecule has 1 aliphatic carbocycles. The summed E-state index contributed by atoms with van der Waals surface area (Å²) < 4.78 is 10.5. The van der Waals surface area contributed by atoms with Crippen molar-refractivity contribution in [2.45, 2.75) is 32.1 Å². The first-order chi connectivity index (χ1) is 11.5. The van der Waals surface area contributed by atoms with Gasteiger partial charge in [-0.3, -0.25) is 9.59 Å². The first-order valence-corrected chi connectivity index (χ1v) is 8.30. The number of methoxy groups -OCH3 is 1. The summed E-state index contributed by atoms with van der Waals surface area (Å²) in [4.78, 5) is 23.9. The van der Waals surface area contributed by atoms with Crippen molar-refractivity contribution in [2.75, 3.05) is 25.6 Å². The van der Waals surface area contributed by atoms with Gasteiger partial charge >= 0.3 is 5.97 Å². The number of amides is 1. The molecule has 1 aliphatic rings. The predicted octanol–water partition coefficient (Wildman–Crippen LogP) is 3.34. The van der Waals surface area contributed by atoms with Crippen LogP contribution in [0.15, 0.2) is 18.2 Å². The third kappa shape index (κ3) is 4.39. The number of hydrogen-bond donors (Lipinski definition) is 2. The quantitative estimate of drug-likeness (QED) is 0.698. The molecular formula is C17H22ClNO5. The van der Waals surface area contributed by atoms with Crippen LogP contribution in [0.3, 0.4) is 0 Å². The minimum atomic E-state index is -0.959. The Morgan fingerprint density at radius 3 is 2.62 bits per heavy atom. The molecule has 2 N–H and O–H groups in total. The van der Waals surface area contributed by atoms with Crippen molar-refractivity contribution in [1.29, 1.82) is 0 Å². The SMILES string of the molecule is COCCOc1c(Cl)cccc1NC(=O)CC1(C(=O)O)CCCC1. The second kappa shape index (κ2) is 8.35. The third-order valence-electron chi connectivity index (χ3n) is 4.29. The molecule has 0 aliphatic heterocycles. The minimum Gasteiger partial charge on any atom is -0.487 e. The lowest BCUT2D eigenvalue weighted by Crippen LogP contribution is -2.32. The van der Waals surface area contributed by atoms with Crippen LogP contribution in [-0.4, -0.2) is 37.3 Å². The largest absolute Gasteiger partial charge is 0.487 e. The highest BCUT2D eigenvalue weighted by Crippen LogP contribution is 2.42. The maximum atomic E-state index is 12.4. The number of aliphatic carboxylic acids is 1. The maximum absolute atomic E-state index is 12.4. The van der Waals surface area contributed by atoms with Crippen molar-refractivity contribution in [3.63, 3.8) is 0 Å². The van der Waals surface area contributed by atoms with Crippen LogP contribution in [0, 0.1) is 5.41 Å². The number of carbonyl (C=O) groups excluding carboxylic acids is 1. The molecule has 1 amide bonds. The molecule has 0 radical (unpaired) electrons. The van der Waals surface area contributed by atoms with E-state index in [2.05, 4.69) is 5.32 Å². The van der Waals surface area contributed by atoms with Gasteiger partial charge in [0, 0.05) is 13.5 Å². The molecule has 0 atom stereocenters. The molecular weight excluding hydrogens is 334 g/mol. The summed E-state index contributed by atoms with van der Waals surface area (Å²) in [6, 6.07) is 5.03. The normalized spacial score (nSPS) is 15.9. The number of halogens is 1. The summed E-state index contributed by atoms with van der Waals surface area (Å²) in [5.74, 6) is -0.892. The molecule has 24 heavy (non-hydrogen) atoms. The highest BCUT2D eigenvalue weighted by Gasteiger charge is 2.43. The van der Waals surface area contributed by atoms with Gasteiger partial charge in [-0.15, -0.1) is 0 Å². The lowest BCUT2D eigenvalue weighted by Gasteiger charge is -2.23. The fourth-order valence-electron chi connectivity index (χ4n) is 3.00. The van der Waals surface area contributed by atoms with E-state index in [1.807, 2.05) is 0 Å². The van der Waals surface area contributed by atoms with Crippen molar-refractivity contribution in [2.24, 2.45) is 5.41 Å². The molecule has 0 aromatic heterocycles. The van der Waals surface area contributed by atoms with Crippen LogP contribution >= 0.6 is 11.6 Å². The van der Waals surface area contributed by atoms with Crippen LogP contribution in [0.2, 0.25) is 5.02 Å². The summed E-state index contributed by atoms with van der Waals surface area (Å²) in [6.07, 6.45) is 2.68. The van der Waals surface area contributed by atoms with Gasteiger partial charge in [-0.2, -0.15) is 0 Å². The smallest absolute Gasteiger partial charge is 0.310 e. The number of ether oxygens (including phenoxy) is 2. The van der Waals surface area contributed by atoms with Gasteiger partial charge in [0.2, 0.25) is 5.91 Å². The first-order valence-electron chi connectivity index (χ1n) is 7.92. The topological polar surface area (TPSA) is 84.9 Å². The number of carboxylic acid groups (broad SMARTS) is 1. The molecule has 2 rings (SSSR count). The van der Waals surface area contributed by atoms with Crippen LogP contribution in [0.1, 0.15) is 32.1 Å². The Bertz CT molecular complexity index is 599. The Labute approximate surface area is 146 Å². The zero-order valence-electron chi connectivity index (χ0n) is 13.6. The van der Waals surface area contributed by atoms with Gasteiger partial charge in [0.1, 0.15) is 6.61 Å². The number of nitrogens with one attached hydrogen (secondary N) is 1. The van der Waals surface area contributed by atoms with Crippen LogP contribution in [0.25, 0.3) is 0 Å². The molecule has 0 heterocycles. The van der Waals surface area contributed by atoms with E-state index in [0.29, 0.717) is 42.5 Å². The summed E-state index contributed by atoms with van der Waals surface area (Å²) in [6.45, 7) is 0.683. The molecule has 132 valence electrons. The summed E-state index contributed by atoms with van der Waals surface area (Å²) in [5.41, 5.74) is -0.526. The second-order valence-corrected chi connectivity index (χ2v) is 6.38. The van der Waals surface area contributed by atoms with Crippen LogP contribution in [0.4, 0.5) is 5.69 Å². The van der Waals surface area contributed by atoms with E-state index < -0.39 is 11.4 Å². The minimum absolute atomic E-state index is 0.0492. The number of hydrogen-bond acceptors (Lipinski definition) is 4. The number of para-hydroxylation sites is 1. The summed E-state index contributed by atoms with van der Waals surface area (Å²) in [5, 5.41) is 12.6. The standard InChI is InChI=1S/C17H22ClNO5/c1-23-9-10-24-15-12(18)5-4-6-13(15)19-14(20)11-17(16(21)22)7-2-3-8-17/h4-6H,2-3,7-11H2,1H3,(H,19,20)(H,21,22). The molecule has 6 nitrogen and oxygen atoms in total. The fourth-order valence-corrected chi connectivity index (χ4v) is 3.23. The first kappa shape index (κ1) is 18.5. The van der Waals surface area contributed by atoms with Gasteiger partial charge in [-0.05, 0) is 25.0 Å². The van der Waals surface area contributed by atoms with Crippen molar-refractivity contribution in [1.82, 2.24) is 0 Å². The van der Waals surface area contributed by atoms with Crippen molar-refractivity contribution >= 4 is 29.2 Å². The number of rotatable bonds is 8. The Balaban J connectivity index is 2.08. The molecule has 1 fully saturated rings. The highest BCUT2D eigenvalue weighted by atomic mass is 35.5. The number of carboxylic acids is 1. The van der Waals surface area contributed by atoms with Gasteiger partial charge in [0.05, 0.1) is 22.7 Å². The summed E-state index contributed by atoms with van der Waals surface area (Å²) in [7, 11) is 1.56.